The van der Waals surface area contributed by atoms with E-state index in [1.165, 1.54) is 0 Å². The molecule has 0 amide bonds. The Balaban J connectivity index is 3.46. The van der Waals surface area contributed by atoms with Crippen LogP contribution in [0.25, 0.3) is 0 Å². The van der Waals surface area contributed by atoms with Gasteiger partial charge in [-0.2, -0.15) is 0 Å². The number of rotatable bonds is 3. The van der Waals surface area contributed by atoms with Gasteiger partial charge in [-0.25, -0.2) is 4.79 Å². The Hall–Kier alpha value is -0.440. The predicted octanol–water partition coefficient (Wildman–Crippen LogP) is 2.20. The Morgan fingerprint density at radius 3 is 2.45 bits per heavy atom. The van der Waals surface area contributed by atoms with Gasteiger partial charge in [-0.1, -0.05) is 25.4 Å². The molecule has 4 heteroatoms. The average Bonchev–Trinajstić information content (AvgIpc) is 1.83. The third-order valence-corrected chi connectivity index (χ3v) is 0.862. The van der Waals surface area contributed by atoms with Gasteiger partial charge in [0, 0.05) is 0 Å². The molecule has 3 nitrogen and oxygen atoms in total. The van der Waals surface area contributed by atoms with E-state index in [1.807, 2.05) is 13.8 Å². The van der Waals surface area contributed by atoms with E-state index in [2.05, 4.69) is 16.4 Å². The third-order valence-electron chi connectivity index (χ3n) is 0.753. The molecule has 0 spiro atoms. The molecule has 0 aliphatic carbocycles. The summed E-state index contributed by atoms with van der Waals surface area (Å²) in [5.74, 6) is 0. The number of carbonyl (C=O) groups excluding carboxylic acids is 1. The van der Waals surface area contributed by atoms with Crippen molar-refractivity contribution in [2.45, 2.75) is 13.8 Å². The zero-order valence-corrected chi connectivity index (χ0v) is 7.48. The van der Waals surface area contributed by atoms with Crippen molar-refractivity contribution in [3.8, 4) is 0 Å². The lowest BCUT2D eigenvalue weighted by atomic mass is 9.99. The van der Waals surface area contributed by atoms with Crippen molar-refractivity contribution >= 4 is 17.8 Å². The van der Waals surface area contributed by atoms with Crippen molar-refractivity contribution in [1.29, 1.82) is 0 Å². The summed E-state index contributed by atoms with van der Waals surface area (Å²) in [6.07, 6.45) is -0.753. The molecule has 0 rings (SSSR count). The van der Waals surface area contributed by atoms with Crippen molar-refractivity contribution < 1.29 is 14.3 Å². The van der Waals surface area contributed by atoms with Crippen molar-refractivity contribution in [3.05, 3.63) is 6.92 Å². The summed E-state index contributed by atoms with van der Waals surface area (Å²) < 4.78 is 8.95. The Kier molecular flexibility index (Phi) is 4.26. The Morgan fingerprint density at radius 2 is 2.09 bits per heavy atom. The molecule has 0 heterocycles. The van der Waals surface area contributed by atoms with Gasteiger partial charge in [-0.05, 0) is 12.3 Å². The fourth-order valence-corrected chi connectivity index (χ4v) is 0.430. The first-order valence-corrected chi connectivity index (χ1v) is 3.70. The Bertz CT molecular complexity index is 128. The summed E-state index contributed by atoms with van der Waals surface area (Å²) in [6.45, 7) is 7.66. The molecular formula is C7H12ClO3. The second-order valence-corrected chi connectivity index (χ2v) is 3.17. The van der Waals surface area contributed by atoms with Gasteiger partial charge in [0.1, 0.15) is 6.61 Å². The summed E-state index contributed by atoms with van der Waals surface area (Å²) in [4.78, 5) is 10.5. The van der Waals surface area contributed by atoms with Gasteiger partial charge in [0.25, 0.3) is 0 Å². The number of hydrogen-bond acceptors (Lipinski definition) is 3. The molecule has 1 radical (unpaired) electrons. The summed E-state index contributed by atoms with van der Waals surface area (Å²) in [5, 5.41) is 0. The molecule has 0 atom stereocenters. The molecule has 0 aliphatic rings. The zero-order chi connectivity index (χ0) is 8.91. The maximum atomic E-state index is 10.5. The normalized spacial score (nSPS) is 10.9. The van der Waals surface area contributed by atoms with Crippen LogP contribution in [0.5, 0.6) is 0 Å². The van der Waals surface area contributed by atoms with E-state index < -0.39 is 6.16 Å². The van der Waals surface area contributed by atoms with Crippen molar-refractivity contribution in [3.63, 3.8) is 0 Å². The van der Waals surface area contributed by atoms with E-state index >= 15 is 0 Å². The average molecular weight is 180 g/mol. The van der Waals surface area contributed by atoms with E-state index in [0.29, 0.717) is 0 Å². The molecule has 0 saturated heterocycles. The van der Waals surface area contributed by atoms with Crippen LogP contribution in [0.3, 0.4) is 0 Å². The highest BCUT2D eigenvalue weighted by Crippen LogP contribution is 2.12. The molecule has 65 valence electrons. The van der Waals surface area contributed by atoms with E-state index in [1.54, 1.807) is 0 Å². The molecule has 0 fully saturated rings. The van der Waals surface area contributed by atoms with Crippen LogP contribution in [0, 0.1) is 12.3 Å². The number of halogens is 1. The van der Waals surface area contributed by atoms with Gasteiger partial charge in [0.2, 0.25) is 0 Å². The second kappa shape index (κ2) is 4.44. The fraction of sp³-hybridized carbons (Fsp3) is 0.714. The summed E-state index contributed by atoms with van der Waals surface area (Å²) in [6, 6.07) is -0.184. The first-order chi connectivity index (χ1) is 4.95. The van der Waals surface area contributed by atoms with E-state index in [-0.39, 0.29) is 18.1 Å². The molecule has 0 unspecified atom stereocenters. The van der Waals surface area contributed by atoms with Crippen LogP contribution in [0.2, 0.25) is 0 Å². The topological polar surface area (TPSA) is 35.5 Å². The molecule has 0 aliphatic heterocycles. The van der Waals surface area contributed by atoms with Gasteiger partial charge in [0.15, 0.2) is 6.07 Å². The SMILES string of the molecule is [CH2]C(C)(C)COC(=O)OCCl. The molecule has 0 aromatic carbocycles. The number of ether oxygens (including phenoxy) is 2. The lowest BCUT2D eigenvalue weighted by Crippen LogP contribution is -2.18. The van der Waals surface area contributed by atoms with Crippen molar-refractivity contribution in [2.24, 2.45) is 5.41 Å². The Labute approximate surface area is 71.6 Å². The van der Waals surface area contributed by atoms with Gasteiger partial charge < -0.3 is 9.47 Å². The summed E-state index contributed by atoms with van der Waals surface area (Å²) in [7, 11) is 0. The molecular weight excluding hydrogens is 168 g/mol. The Morgan fingerprint density at radius 1 is 1.55 bits per heavy atom. The smallest absolute Gasteiger partial charge is 0.434 e. The van der Waals surface area contributed by atoms with Crippen molar-refractivity contribution in [2.75, 3.05) is 12.7 Å². The van der Waals surface area contributed by atoms with Crippen LogP contribution < -0.4 is 0 Å². The predicted molar refractivity (Wildman–Crippen MR) is 42.3 cm³/mol. The van der Waals surface area contributed by atoms with Gasteiger partial charge in [0.05, 0.1) is 0 Å². The van der Waals surface area contributed by atoms with E-state index in [0.717, 1.165) is 0 Å². The van der Waals surface area contributed by atoms with Crippen LogP contribution in [0.15, 0.2) is 0 Å². The molecule has 11 heavy (non-hydrogen) atoms. The molecule has 0 saturated carbocycles. The lowest BCUT2D eigenvalue weighted by Gasteiger charge is -2.16. The lowest BCUT2D eigenvalue weighted by molar-refractivity contribution is 0.0482. The molecule has 0 N–H and O–H groups in total. The van der Waals surface area contributed by atoms with E-state index in [9.17, 15) is 4.79 Å². The maximum absolute atomic E-state index is 10.5. The van der Waals surface area contributed by atoms with Crippen LogP contribution in [-0.2, 0) is 9.47 Å². The molecule has 0 bridgehead atoms. The quantitative estimate of drug-likeness (QED) is 0.492. The highest BCUT2D eigenvalue weighted by molar-refractivity contribution is 6.17. The van der Waals surface area contributed by atoms with Crippen LogP contribution in [0.1, 0.15) is 13.8 Å². The monoisotopic (exact) mass is 179 g/mol. The minimum atomic E-state index is -0.753. The second-order valence-electron chi connectivity index (χ2n) is 2.96. The minimum absolute atomic E-state index is 0.184. The number of alkyl halides is 1. The highest BCUT2D eigenvalue weighted by Gasteiger charge is 2.13. The maximum Gasteiger partial charge on any atom is 0.509 e. The third kappa shape index (κ3) is 7.46. The number of carbonyl (C=O) groups is 1. The first-order valence-electron chi connectivity index (χ1n) is 3.16. The van der Waals surface area contributed by atoms with Gasteiger partial charge >= 0.3 is 6.16 Å². The van der Waals surface area contributed by atoms with Gasteiger partial charge in [-0.3, -0.25) is 0 Å². The first kappa shape index (κ1) is 10.6. The standard InChI is InChI=1S/C7H12ClO3/c1-7(2,3)4-10-6(9)11-5-8/h1,4-5H2,2-3H3. The minimum Gasteiger partial charge on any atom is -0.434 e. The van der Waals surface area contributed by atoms with Gasteiger partial charge in [-0.15, -0.1) is 0 Å². The van der Waals surface area contributed by atoms with Crippen molar-refractivity contribution in [1.82, 2.24) is 0 Å². The molecule has 0 aromatic heterocycles. The van der Waals surface area contributed by atoms with E-state index in [4.69, 9.17) is 11.6 Å². The highest BCUT2D eigenvalue weighted by atomic mass is 35.5. The van der Waals surface area contributed by atoms with Crippen LogP contribution >= 0.6 is 11.6 Å². The zero-order valence-electron chi connectivity index (χ0n) is 6.72. The summed E-state index contributed by atoms with van der Waals surface area (Å²) >= 11 is 5.11. The van der Waals surface area contributed by atoms with Crippen LogP contribution in [-0.4, -0.2) is 18.8 Å². The largest absolute Gasteiger partial charge is 0.509 e. The van der Waals surface area contributed by atoms with Crippen LogP contribution in [0.4, 0.5) is 4.79 Å². The fourth-order valence-electron chi connectivity index (χ4n) is 0.341. The number of hydrogen-bond donors (Lipinski definition) is 0. The summed E-state index contributed by atoms with van der Waals surface area (Å²) in [5.41, 5.74) is -0.286. The molecule has 0 aromatic rings.